The summed E-state index contributed by atoms with van der Waals surface area (Å²) in [5.74, 6) is 1.80. The van der Waals surface area contributed by atoms with E-state index in [0.29, 0.717) is 6.04 Å². The summed E-state index contributed by atoms with van der Waals surface area (Å²) in [7, 11) is 0. The third kappa shape index (κ3) is 3.22. The third-order valence-electron chi connectivity index (χ3n) is 5.37. The van der Waals surface area contributed by atoms with Crippen molar-refractivity contribution in [1.29, 1.82) is 0 Å². The lowest BCUT2D eigenvalue weighted by molar-refractivity contribution is 0.139. The SMILES string of the molecule is C[C@H](NC1CCC2CCCCC2C1)c1cccc(F)c1. The predicted octanol–water partition coefficient (Wildman–Crippen LogP) is 4.84. The summed E-state index contributed by atoms with van der Waals surface area (Å²) in [6.45, 7) is 2.15. The van der Waals surface area contributed by atoms with E-state index < -0.39 is 0 Å². The molecule has 1 nitrogen and oxygen atoms in total. The zero-order valence-corrected chi connectivity index (χ0v) is 12.4. The molecular formula is C18H26FN. The molecule has 0 aromatic heterocycles. The molecule has 2 aliphatic rings. The first-order valence-electron chi connectivity index (χ1n) is 8.24. The molecule has 0 heterocycles. The first-order chi connectivity index (χ1) is 9.72. The minimum Gasteiger partial charge on any atom is -0.307 e. The lowest BCUT2D eigenvalue weighted by Gasteiger charge is -2.40. The van der Waals surface area contributed by atoms with Crippen LogP contribution in [-0.2, 0) is 0 Å². The minimum absolute atomic E-state index is 0.132. The van der Waals surface area contributed by atoms with Gasteiger partial charge in [-0.3, -0.25) is 0 Å². The van der Waals surface area contributed by atoms with Crippen LogP contribution in [0.25, 0.3) is 0 Å². The Morgan fingerprint density at radius 2 is 1.90 bits per heavy atom. The van der Waals surface area contributed by atoms with E-state index in [-0.39, 0.29) is 11.9 Å². The fraction of sp³-hybridized carbons (Fsp3) is 0.667. The molecule has 3 rings (SSSR count). The van der Waals surface area contributed by atoms with Crippen molar-refractivity contribution in [2.75, 3.05) is 0 Å². The lowest BCUT2D eigenvalue weighted by Crippen LogP contribution is -2.39. The van der Waals surface area contributed by atoms with Crippen LogP contribution in [0.15, 0.2) is 24.3 Å². The largest absolute Gasteiger partial charge is 0.307 e. The summed E-state index contributed by atoms with van der Waals surface area (Å²) < 4.78 is 13.3. The zero-order chi connectivity index (χ0) is 13.9. The van der Waals surface area contributed by atoms with E-state index in [1.165, 1.54) is 51.0 Å². The van der Waals surface area contributed by atoms with Gasteiger partial charge in [-0.1, -0.05) is 37.8 Å². The highest BCUT2D eigenvalue weighted by atomic mass is 19.1. The van der Waals surface area contributed by atoms with Gasteiger partial charge in [0.2, 0.25) is 0 Å². The number of rotatable bonds is 3. The Kier molecular flexibility index (Phi) is 4.40. The van der Waals surface area contributed by atoms with Crippen LogP contribution in [0.1, 0.15) is 63.5 Å². The van der Waals surface area contributed by atoms with Gasteiger partial charge in [0.25, 0.3) is 0 Å². The molecule has 2 fully saturated rings. The van der Waals surface area contributed by atoms with Crippen LogP contribution >= 0.6 is 0 Å². The maximum absolute atomic E-state index is 13.3. The van der Waals surface area contributed by atoms with E-state index >= 15 is 0 Å². The molecule has 2 saturated carbocycles. The van der Waals surface area contributed by atoms with E-state index in [1.807, 2.05) is 6.07 Å². The van der Waals surface area contributed by atoms with Crippen LogP contribution < -0.4 is 5.32 Å². The first-order valence-corrected chi connectivity index (χ1v) is 8.24. The fourth-order valence-electron chi connectivity index (χ4n) is 4.25. The number of hydrogen-bond donors (Lipinski definition) is 1. The molecule has 0 aliphatic heterocycles. The average Bonchev–Trinajstić information content (AvgIpc) is 2.47. The Labute approximate surface area is 122 Å². The van der Waals surface area contributed by atoms with Crippen molar-refractivity contribution in [3.8, 4) is 0 Å². The third-order valence-corrected chi connectivity index (χ3v) is 5.37. The Morgan fingerprint density at radius 1 is 1.10 bits per heavy atom. The van der Waals surface area contributed by atoms with Gasteiger partial charge in [-0.2, -0.15) is 0 Å². The molecule has 0 spiro atoms. The van der Waals surface area contributed by atoms with Gasteiger partial charge in [0.15, 0.2) is 0 Å². The second-order valence-corrected chi connectivity index (χ2v) is 6.76. The van der Waals surface area contributed by atoms with Gasteiger partial charge in [-0.05, 0) is 55.7 Å². The highest BCUT2D eigenvalue weighted by molar-refractivity contribution is 5.19. The first kappa shape index (κ1) is 14.1. The highest BCUT2D eigenvalue weighted by Gasteiger charge is 2.32. The molecule has 0 saturated heterocycles. The van der Waals surface area contributed by atoms with Crippen LogP contribution in [0, 0.1) is 17.7 Å². The van der Waals surface area contributed by atoms with Crippen LogP contribution in [0.2, 0.25) is 0 Å². The number of halogens is 1. The molecule has 20 heavy (non-hydrogen) atoms. The molecule has 3 unspecified atom stereocenters. The van der Waals surface area contributed by atoms with Crippen LogP contribution in [0.5, 0.6) is 0 Å². The molecule has 1 N–H and O–H groups in total. The molecule has 110 valence electrons. The van der Waals surface area contributed by atoms with Gasteiger partial charge in [-0.15, -0.1) is 0 Å². The van der Waals surface area contributed by atoms with Crippen molar-refractivity contribution < 1.29 is 4.39 Å². The smallest absolute Gasteiger partial charge is 0.123 e. The summed E-state index contributed by atoms with van der Waals surface area (Å²) >= 11 is 0. The van der Waals surface area contributed by atoms with Gasteiger partial charge >= 0.3 is 0 Å². The molecule has 2 heteroatoms. The topological polar surface area (TPSA) is 12.0 Å². The van der Waals surface area contributed by atoms with E-state index in [9.17, 15) is 4.39 Å². The maximum atomic E-state index is 13.3. The van der Waals surface area contributed by atoms with Crippen LogP contribution in [0.3, 0.4) is 0 Å². The van der Waals surface area contributed by atoms with Crippen molar-refractivity contribution in [1.82, 2.24) is 5.32 Å². The number of benzene rings is 1. The van der Waals surface area contributed by atoms with Crippen LogP contribution in [0.4, 0.5) is 4.39 Å². The van der Waals surface area contributed by atoms with Gasteiger partial charge in [0.1, 0.15) is 5.82 Å². The Hall–Kier alpha value is -0.890. The number of fused-ring (bicyclic) bond motifs is 1. The van der Waals surface area contributed by atoms with Gasteiger partial charge in [0.05, 0.1) is 0 Å². The zero-order valence-electron chi connectivity index (χ0n) is 12.4. The van der Waals surface area contributed by atoms with Crippen molar-refractivity contribution in [2.45, 2.75) is 64.0 Å². The van der Waals surface area contributed by atoms with Gasteiger partial charge < -0.3 is 5.32 Å². The van der Waals surface area contributed by atoms with Crippen LogP contribution in [-0.4, -0.2) is 6.04 Å². The summed E-state index contributed by atoms with van der Waals surface area (Å²) in [5, 5.41) is 3.73. The summed E-state index contributed by atoms with van der Waals surface area (Å²) in [5.41, 5.74) is 1.07. The molecular weight excluding hydrogens is 249 g/mol. The summed E-state index contributed by atoms with van der Waals surface area (Å²) in [6.07, 6.45) is 9.75. The maximum Gasteiger partial charge on any atom is 0.123 e. The van der Waals surface area contributed by atoms with E-state index in [1.54, 1.807) is 12.1 Å². The van der Waals surface area contributed by atoms with Gasteiger partial charge in [-0.25, -0.2) is 4.39 Å². The van der Waals surface area contributed by atoms with Crippen molar-refractivity contribution in [3.63, 3.8) is 0 Å². The summed E-state index contributed by atoms with van der Waals surface area (Å²) in [6, 6.07) is 7.87. The monoisotopic (exact) mass is 275 g/mol. The molecule has 4 atom stereocenters. The molecule has 0 radical (unpaired) electrons. The lowest BCUT2D eigenvalue weighted by atomic mass is 9.69. The van der Waals surface area contributed by atoms with Crippen molar-refractivity contribution in [3.05, 3.63) is 35.6 Å². The van der Waals surface area contributed by atoms with E-state index in [0.717, 1.165) is 17.4 Å². The van der Waals surface area contributed by atoms with E-state index in [2.05, 4.69) is 12.2 Å². The Morgan fingerprint density at radius 3 is 2.70 bits per heavy atom. The molecule has 0 bridgehead atoms. The fourth-order valence-corrected chi connectivity index (χ4v) is 4.25. The molecule has 2 aliphatic carbocycles. The van der Waals surface area contributed by atoms with Gasteiger partial charge in [0, 0.05) is 12.1 Å². The highest BCUT2D eigenvalue weighted by Crippen LogP contribution is 2.40. The molecule has 0 amide bonds. The number of hydrogen-bond acceptors (Lipinski definition) is 1. The molecule has 1 aromatic rings. The normalized spacial score (nSPS) is 31.6. The van der Waals surface area contributed by atoms with Crippen molar-refractivity contribution >= 4 is 0 Å². The predicted molar refractivity (Wildman–Crippen MR) is 81.0 cm³/mol. The average molecular weight is 275 g/mol. The second kappa shape index (κ2) is 6.26. The second-order valence-electron chi connectivity index (χ2n) is 6.76. The minimum atomic E-state index is -0.132. The quantitative estimate of drug-likeness (QED) is 0.832. The standard InChI is InChI=1S/C18H26FN/c1-13(15-7-4-8-17(19)11-15)20-18-10-9-14-5-2-3-6-16(14)12-18/h4,7-8,11,13-14,16,18,20H,2-3,5-6,9-10,12H2,1H3/t13-,14?,16?,18?/m0/s1. The molecule has 1 aromatic carbocycles. The Bertz CT molecular complexity index is 445. The van der Waals surface area contributed by atoms with Crippen molar-refractivity contribution in [2.24, 2.45) is 11.8 Å². The van der Waals surface area contributed by atoms with E-state index in [4.69, 9.17) is 0 Å². The summed E-state index contributed by atoms with van der Waals surface area (Å²) in [4.78, 5) is 0. The Balaban J connectivity index is 1.58. The number of nitrogens with one attached hydrogen (secondary N) is 1.